The van der Waals surface area contributed by atoms with Crippen molar-refractivity contribution in [2.45, 2.75) is 26.7 Å². The van der Waals surface area contributed by atoms with Gasteiger partial charge in [0.1, 0.15) is 11.5 Å². The van der Waals surface area contributed by atoms with Crippen LogP contribution in [0.25, 0.3) is 0 Å². The summed E-state index contributed by atoms with van der Waals surface area (Å²) in [6, 6.07) is 7.78. The molecule has 0 aliphatic heterocycles. The Morgan fingerprint density at radius 1 is 1.38 bits per heavy atom. The summed E-state index contributed by atoms with van der Waals surface area (Å²) < 4.78 is 7.25. The van der Waals surface area contributed by atoms with Crippen LogP contribution < -0.4 is 4.74 Å². The van der Waals surface area contributed by atoms with Crippen molar-refractivity contribution < 1.29 is 9.53 Å². The van der Waals surface area contributed by atoms with E-state index < -0.39 is 0 Å². The van der Waals surface area contributed by atoms with Gasteiger partial charge in [-0.25, -0.2) is 0 Å². The number of Topliss-reactive ketones (excluding diaryl/α,β-unsaturated/α-hetero) is 1. The lowest BCUT2D eigenvalue weighted by atomic mass is 10.1. The molecule has 5 heteroatoms. The fraction of sp³-hybridized carbons (Fsp3) is 0.375. The summed E-state index contributed by atoms with van der Waals surface area (Å²) in [4.78, 5) is 12.0. The summed E-state index contributed by atoms with van der Waals surface area (Å²) in [6.45, 7) is 4.21. The van der Waals surface area contributed by atoms with E-state index in [0.29, 0.717) is 18.1 Å². The third kappa shape index (κ3) is 4.08. The Hall–Kier alpha value is -1.81. The van der Waals surface area contributed by atoms with Crippen LogP contribution in [0.15, 0.2) is 24.3 Å². The standard InChI is InChI=1S/C16H19ClN2O2/c1-11-5-4-6-14(9-11)21-8-7-13(20)10-15-16(17)12(2)18-19(15)3/h4-6,9H,7-8,10H2,1-3H3. The molecule has 1 aromatic heterocycles. The average molecular weight is 307 g/mol. The highest BCUT2D eigenvalue weighted by Crippen LogP contribution is 2.20. The molecular weight excluding hydrogens is 288 g/mol. The number of benzene rings is 1. The zero-order valence-electron chi connectivity index (χ0n) is 12.5. The number of hydrogen-bond donors (Lipinski definition) is 0. The summed E-state index contributed by atoms with van der Waals surface area (Å²) in [5.74, 6) is 0.879. The molecule has 0 radical (unpaired) electrons. The van der Waals surface area contributed by atoms with Crippen molar-refractivity contribution in [2.24, 2.45) is 7.05 Å². The zero-order valence-corrected chi connectivity index (χ0v) is 13.3. The first-order valence-electron chi connectivity index (χ1n) is 6.86. The number of carbonyl (C=O) groups excluding carboxylic acids is 1. The number of aryl methyl sites for hydroxylation is 3. The number of rotatable bonds is 6. The van der Waals surface area contributed by atoms with Gasteiger partial charge in [0, 0.05) is 19.9 Å². The van der Waals surface area contributed by atoms with Gasteiger partial charge in [-0.2, -0.15) is 5.10 Å². The Morgan fingerprint density at radius 3 is 2.76 bits per heavy atom. The molecule has 0 spiro atoms. The van der Waals surface area contributed by atoms with Gasteiger partial charge in [-0.15, -0.1) is 0 Å². The fourth-order valence-corrected chi connectivity index (χ4v) is 2.36. The van der Waals surface area contributed by atoms with E-state index in [1.807, 2.05) is 38.1 Å². The molecule has 0 atom stereocenters. The number of ketones is 1. The predicted molar refractivity (Wildman–Crippen MR) is 83.0 cm³/mol. The lowest BCUT2D eigenvalue weighted by molar-refractivity contribution is -0.119. The highest BCUT2D eigenvalue weighted by Gasteiger charge is 2.14. The number of nitrogens with zero attached hydrogens (tertiary/aromatic N) is 2. The Kier molecular flexibility index (Phi) is 5.02. The maximum absolute atomic E-state index is 12.0. The van der Waals surface area contributed by atoms with E-state index in [0.717, 1.165) is 22.7 Å². The summed E-state index contributed by atoms with van der Waals surface area (Å²) in [5, 5.41) is 4.78. The van der Waals surface area contributed by atoms with Crippen LogP contribution in [0.4, 0.5) is 0 Å². The second kappa shape index (κ2) is 6.76. The number of hydrogen-bond acceptors (Lipinski definition) is 3. The van der Waals surface area contributed by atoms with Crippen molar-refractivity contribution in [1.29, 1.82) is 0 Å². The molecular formula is C16H19ClN2O2. The lowest BCUT2D eigenvalue weighted by Gasteiger charge is -2.07. The van der Waals surface area contributed by atoms with Gasteiger partial charge in [0.25, 0.3) is 0 Å². The summed E-state index contributed by atoms with van der Waals surface area (Å²) >= 11 is 6.14. The normalized spacial score (nSPS) is 10.7. The van der Waals surface area contributed by atoms with Crippen LogP contribution in [-0.4, -0.2) is 22.2 Å². The quantitative estimate of drug-likeness (QED) is 0.822. The second-order valence-corrected chi connectivity index (χ2v) is 5.48. The van der Waals surface area contributed by atoms with Gasteiger partial charge in [-0.1, -0.05) is 23.7 Å². The molecule has 1 heterocycles. The molecule has 0 bridgehead atoms. The SMILES string of the molecule is Cc1cccc(OCCC(=O)Cc2c(Cl)c(C)nn2C)c1. The van der Waals surface area contributed by atoms with Crippen molar-refractivity contribution in [3.63, 3.8) is 0 Å². The Morgan fingerprint density at radius 2 is 2.14 bits per heavy atom. The van der Waals surface area contributed by atoms with Crippen molar-refractivity contribution in [3.8, 4) is 5.75 Å². The van der Waals surface area contributed by atoms with Crippen LogP contribution in [-0.2, 0) is 18.3 Å². The van der Waals surface area contributed by atoms with Gasteiger partial charge in [0.2, 0.25) is 0 Å². The molecule has 112 valence electrons. The number of ether oxygens (including phenoxy) is 1. The molecule has 0 fully saturated rings. The molecule has 0 aliphatic rings. The zero-order chi connectivity index (χ0) is 15.4. The maximum atomic E-state index is 12.0. The molecule has 0 N–H and O–H groups in total. The largest absolute Gasteiger partial charge is 0.493 e. The molecule has 0 saturated heterocycles. The Bertz CT molecular complexity index is 650. The minimum Gasteiger partial charge on any atom is -0.493 e. The average Bonchev–Trinajstić information content (AvgIpc) is 2.65. The molecule has 0 saturated carbocycles. The monoisotopic (exact) mass is 306 g/mol. The Labute approximate surface area is 129 Å². The first-order chi connectivity index (χ1) is 9.97. The highest BCUT2D eigenvalue weighted by molar-refractivity contribution is 6.32. The van der Waals surface area contributed by atoms with Crippen LogP contribution >= 0.6 is 11.6 Å². The van der Waals surface area contributed by atoms with Gasteiger partial charge in [0.05, 0.1) is 23.0 Å². The third-order valence-electron chi connectivity index (χ3n) is 3.27. The molecule has 1 aromatic carbocycles. The van der Waals surface area contributed by atoms with Crippen molar-refractivity contribution >= 4 is 17.4 Å². The van der Waals surface area contributed by atoms with Crippen LogP contribution in [0.1, 0.15) is 23.4 Å². The van der Waals surface area contributed by atoms with E-state index in [9.17, 15) is 4.79 Å². The molecule has 4 nitrogen and oxygen atoms in total. The Balaban J connectivity index is 1.85. The van der Waals surface area contributed by atoms with E-state index >= 15 is 0 Å². The van der Waals surface area contributed by atoms with Crippen LogP contribution in [0, 0.1) is 13.8 Å². The number of carbonyl (C=O) groups is 1. The maximum Gasteiger partial charge on any atom is 0.142 e. The molecule has 0 aliphatic carbocycles. The second-order valence-electron chi connectivity index (χ2n) is 5.10. The van der Waals surface area contributed by atoms with E-state index in [1.54, 1.807) is 11.7 Å². The van der Waals surface area contributed by atoms with Gasteiger partial charge >= 0.3 is 0 Å². The predicted octanol–water partition coefficient (Wildman–Crippen LogP) is 3.27. The number of aromatic nitrogens is 2. The minimum atomic E-state index is 0.0903. The van der Waals surface area contributed by atoms with Gasteiger partial charge < -0.3 is 4.74 Å². The topological polar surface area (TPSA) is 44.1 Å². The van der Waals surface area contributed by atoms with Gasteiger partial charge in [-0.05, 0) is 31.5 Å². The van der Waals surface area contributed by atoms with Crippen LogP contribution in [0.2, 0.25) is 5.02 Å². The number of halogens is 1. The molecule has 0 unspecified atom stereocenters. The van der Waals surface area contributed by atoms with Crippen molar-refractivity contribution in [3.05, 3.63) is 46.2 Å². The summed E-state index contributed by atoms with van der Waals surface area (Å²) in [5.41, 5.74) is 2.64. The van der Waals surface area contributed by atoms with Gasteiger partial charge in [-0.3, -0.25) is 9.48 Å². The first kappa shape index (κ1) is 15.6. The van der Waals surface area contributed by atoms with Crippen LogP contribution in [0.5, 0.6) is 5.75 Å². The summed E-state index contributed by atoms with van der Waals surface area (Å²) in [6.07, 6.45) is 0.641. The third-order valence-corrected chi connectivity index (χ3v) is 3.76. The summed E-state index contributed by atoms with van der Waals surface area (Å²) in [7, 11) is 1.80. The molecule has 0 amide bonds. The van der Waals surface area contributed by atoms with Crippen molar-refractivity contribution in [1.82, 2.24) is 9.78 Å². The molecule has 2 aromatic rings. The fourth-order valence-electron chi connectivity index (χ4n) is 2.14. The first-order valence-corrected chi connectivity index (χ1v) is 7.24. The van der Waals surface area contributed by atoms with Crippen LogP contribution in [0.3, 0.4) is 0 Å². The van der Waals surface area contributed by atoms with Crippen molar-refractivity contribution in [2.75, 3.05) is 6.61 Å². The smallest absolute Gasteiger partial charge is 0.142 e. The van der Waals surface area contributed by atoms with E-state index in [4.69, 9.17) is 16.3 Å². The molecule has 2 rings (SSSR count). The lowest BCUT2D eigenvalue weighted by Crippen LogP contribution is -2.11. The van der Waals surface area contributed by atoms with E-state index in [1.165, 1.54) is 0 Å². The van der Waals surface area contributed by atoms with E-state index in [-0.39, 0.29) is 12.2 Å². The highest BCUT2D eigenvalue weighted by atomic mass is 35.5. The van der Waals surface area contributed by atoms with Gasteiger partial charge in [0.15, 0.2) is 0 Å². The van der Waals surface area contributed by atoms with E-state index in [2.05, 4.69) is 5.10 Å². The molecule has 21 heavy (non-hydrogen) atoms. The minimum absolute atomic E-state index is 0.0903.